The number of rotatable bonds is 2. The van der Waals surface area contributed by atoms with Gasteiger partial charge in [0, 0.05) is 28.5 Å². The fourth-order valence-corrected chi connectivity index (χ4v) is 4.80. The lowest BCUT2D eigenvalue weighted by Crippen LogP contribution is -2.33. The molecule has 0 saturated carbocycles. The second-order valence-corrected chi connectivity index (χ2v) is 7.41. The van der Waals surface area contributed by atoms with Gasteiger partial charge in [-0.05, 0) is 42.5 Å². The number of carbonyl (C=O) groups is 1. The van der Waals surface area contributed by atoms with Crippen molar-refractivity contribution in [1.82, 2.24) is 14.8 Å². The predicted molar refractivity (Wildman–Crippen MR) is 93.6 cm³/mol. The van der Waals surface area contributed by atoms with Gasteiger partial charge in [-0.25, -0.2) is 4.68 Å². The van der Waals surface area contributed by atoms with Crippen molar-refractivity contribution < 1.29 is 9.21 Å². The molecule has 0 aromatic carbocycles. The third-order valence-corrected chi connectivity index (χ3v) is 6.03. The number of fused-ring (bicyclic) bond motifs is 1. The van der Waals surface area contributed by atoms with Gasteiger partial charge in [0.15, 0.2) is 5.78 Å². The van der Waals surface area contributed by atoms with E-state index in [1.54, 1.807) is 17.6 Å². The van der Waals surface area contributed by atoms with Crippen molar-refractivity contribution >= 4 is 23.1 Å². The summed E-state index contributed by atoms with van der Waals surface area (Å²) >= 11 is 1.66. The molecule has 0 bridgehead atoms. The molecule has 0 amide bonds. The SMILES string of the molecule is Cc1ccsc1[C@@H]1C2=C(C[C@H](c3ccco3)CC2=O)Nc2ncnn21. The highest BCUT2D eigenvalue weighted by atomic mass is 32.1. The van der Waals surface area contributed by atoms with Crippen LogP contribution in [0.2, 0.25) is 0 Å². The van der Waals surface area contributed by atoms with Gasteiger partial charge in [0.1, 0.15) is 18.1 Å². The predicted octanol–water partition coefficient (Wildman–Crippen LogP) is 3.66. The molecule has 0 radical (unpaired) electrons. The quantitative estimate of drug-likeness (QED) is 0.762. The van der Waals surface area contributed by atoms with Crippen molar-refractivity contribution in [3.8, 4) is 0 Å². The standard InChI is InChI=1S/C18H16N4O2S/c1-10-4-6-25-17(10)16-15-12(21-18-19-9-20-22(16)18)7-11(8-13(15)23)14-3-2-5-24-14/h2-6,9,11,16H,7-8H2,1H3,(H,19,20,21)/t11-,16-/m0/s1. The van der Waals surface area contributed by atoms with Gasteiger partial charge in [0.25, 0.3) is 0 Å². The lowest BCUT2D eigenvalue weighted by atomic mass is 9.80. The lowest BCUT2D eigenvalue weighted by molar-refractivity contribution is -0.116. The molecule has 5 rings (SSSR count). The Morgan fingerprint density at radius 1 is 1.36 bits per heavy atom. The highest BCUT2D eigenvalue weighted by molar-refractivity contribution is 7.10. The summed E-state index contributed by atoms with van der Waals surface area (Å²) in [5.41, 5.74) is 2.92. The second-order valence-electron chi connectivity index (χ2n) is 6.46. The normalized spacial score (nSPS) is 22.5. The number of nitrogens with zero attached hydrogens (tertiary/aromatic N) is 3. The molecule has 126 valence electrons. The largest absolute Gasteiger partial charge is 0.469 e. The van der Waals surface area contributed by atoms with Gasteiger partial charge in [0.05, 0.1) is 6.26 Å². The first-order valence-electron chi connectivity index (χ1n) is 8.22. The summed E-state index contributed by atoms with van der Waals surface area (Å²) in [6.45, 7) is 2.07. The zero-order chi connectivity index (χ0) is 17.0. The topological polar surface area (TPSA) is 73.0 Å². The number of hydrogen-bond donors (Lipinski definition) is 1. The highest BCUT2D eigenvalue weighted by Crippen LogP contribution is 2.45. The van der Waals surface area contributed by atoms with E-state index in [9.17, 15) is 4.79 Å². The number of thiophene rings is 1. The molecule has 0 saturated heterocycles. The van der Waals surface area contributed by atoms with Crippen LogP contribution in [0.1, 0.15) is 41.0 Å². The number of Topliss-reactive ketones (excluding diaryl/α,β-unsaturated/α-hetero) is 1. The molecule has 1 N–H and O–H groups in total. The first-order valence-corrected chi connectivity index (χ1v) is 9.10. The number of allylic oxidation sites excluding steroid dienone is 2. The second kappa shape index (κ2) is 5.42. The van der Waals surface area contributed by atoms with Crippen LogP contribution in [0.4, 0.5) is 5.95 Å². The smallest absolute Gasteiger partial charge is 0.226 e. The monoisotopic (exact) mass is 352 g/mol. The number of aryl methyl sites for hydroxylation is 1. The number of ketones is 1. The van der Waals surface area contributed by atoms with Crippen LogP contribution < -0.4 is 5.32 Å². The van der Waals surface area contributed by atoms with Gasteiger partial charge in [-0.15, -0.1) is 11.3 Å². The molecule has 7 heteroatoms. The average molecular weight is 352 g/mol. The molecule has 6 nitrogen and oxygen atoms in total. The molecule has 25 heavy (non-hydrogen) atoms. The van der Waals surface area contributed by atoms with Crippen molar-refractivity contribution in [2.45, 2.75) is 31.7 Å². The fraction of sp³-hybridized carbons (Fsp3) is 0.278. The number of nitrogens with one attached hydrogen (secondary N) is 1. The Labute approximate surface area is 148 Å². The molecule has 0 unspecified atom stereocenters. The molecule has 2 aliphatic rings. The van der Waals surface area contributed by atoms with E-state index in [1.165, 1.54) is 11.9 Å². The number of hydrogen-bond acceptors (Lipinski definition) is 6. The summed E-state index contributed by atoms with van der Waals surface area (Å²) in [5.74, 6) is 1.75. The maximum atomic E-state index is 13.1. The molecule has 4 heterocycles. The van der Waals surface area contributed by atoms with Gasteiger partial charge < -0.3 is 9.73 Å². The van der Waals surface area contributed by atoms with Crippen molar-refractivity contribution in [3.63, 3.8) is 0 Å². The Hall–Kier alpha value is -2.67. The van der Waals surface area contributed by atoms with Crippen LogP contribution in [-0.4, -0.2) is 20.5 Å². The minimum absolute atomic E-state index is 0.0632. The van der Waals surface area contributed by atoms with Gasteiger partial charge in [-0.2, -0.15) is 10.1 Å². The van der Waals surface area contributed by atoms with Crippen LogP contribution in [0.5, 0.6) is 0 Å². The minimum Gasteiger partial charge on any atom is -0.469 e. The Kier molecular flexibility index (Phi) is 3.18. The molecule has 3 aromatic heterocycles. The van der Waals surface area contributed by atoms with Gasteiger partial charge in [-0.3, -0.25) is 4.79 Å². The highest BCUT2D eigenvalue weighted by Gasteiger charge is 2.40. The third-order valence-electron chi connectivity index (χ3n) is 4.96. The first-order chi connectivity index (χ1) is 12.2. The zero-order valence-corrected chi connectivity index (χ0v) is 14.4. The molecule has 1 aliphatic heterocycles. The Bertz CT molecular complexity index is 983. The van der Waals surface area contributed by atoms with E-state index < -0.39 is 0 Å². The summed E-state index contributed by atoms with van der Waals surface area (Å²) in [6.07, 6.45) is 4.39. The number of aromatic nitrogens is 3. The molecule has 1 aliphatic carbocycles. The van der Waals surface area contributed by atoms with Crippen molar-refractivity contribution in [2.24, 2.45) is 0 Å². The average Bonchev–Trinajstić information content (AvgIpc) is 3.34. The Morgan fingerprint density at radius 2 is 2.28 bits per heavy atom. The van der Waals surface area contributed by atoms with E-state index in [0.29, 0.717) is 12.4 Å². The van der Waals surface area contributed by atoms with Crippen LogP contribution in [-0.2, 0) is 4.79 Å². The van der Waals surface area contributed by atoms with Crippen molar-refractivity contribution in [1.29, 1.82) is 0 Å². The van der Waals surface area contributed by atoms with E-state index in [-0.39, 0.29) is 17.7 Å². The van der Waals surface area contributed by atoms with Gasteiger partial charge >= 0.3 is 0 Å². The van der Waals surface area contributed by atoms with E-state index >= 15 is 0 Å². The molecule has 3 aromatic rings. The summed E-state index contributed by atoms with van der Waals surface area (Å²) in [6, 6.07) is 5.69. The van der Waals surface area contributed by atoms with Crippen LogP contribution in [0, 0.1) is 6.92 Å². The van der Waals surface area contributed by atoms with Crippen molar-refractivity contribution in [3.05, 3.63) is 63.6 Å². The van der Waals surface area contributed by atoms with Gasteiger partial charge in [0.2, 0.25) is 5.95 Å². The number of furan rings is 1. The van der Waals surface area contributed by atoms with Crippen molar-refractivity contribution in [2.75, 3.05) is 5.32 Å². The number of anilines is 1. The van der Waals surface area contributed by atoms with Gasteiger partial charge in [-0.1, -0.05) is 0 Å². The molecular formula is C18H16N4O2S. The number of carbonyl (C=O) groups excluding carboxylic acids is 1. The molecule has 0 fully saturated rings. The maximum absolute atomic E-state index is 13.1. The third kappa shape index (κ3) is 2.19. The van der Waals surface area contributed by atoms with E-state index in [4.69, 9.17) is 4.42 Å². The Morgan fingerprint density at radius 3 is 3.04 bits per heavy atom. The molecule has 2 atom stereocenters. The Balaban J connectivity index is 1.64. The minimum atomic E-state index is -0.196. The van der Waals surface area contributed by atoms with E-state index in [1.807, 2.05) is 16.8 Å². The summed E-state index contributed by atoms with van der Waals surface area (Å²) in [4.78, 5) is 18.6. The van der Waals surface area contributed by atoms with Crippen LogP contribution in [0.25, 0.3) is 0 Å². The lowest BCUT2D eigenvalue weighted by Gasteiger charge is -2.34. The maximum Gasteiger partial charge on any atom is 0.226 e. The van der Waals surface area contributed by atoms with Crippen LogP contribution >= 0.6 is 11.3 Å². The fourth-order valence-electron chi connectivity index (χ4n) is 3.78. The zero-order valence-electron chi connectivity index (χ0n) is 13.6. The molecular weight excluding hydrogens is 336 g/mol. The summed E-state index contributed by atoms with van der Waals surface area (Å²) in [7, 11) is 0. The summed E-state index contributed by atoms with van der Waals surface area (Å²) in [5, 5.41) is 9.76. The first kappa shape index (κ1) is 14.7. The van der Waals surface area contributed by atoms with E-state index in [2.05, 4.69) is 33.8 Å². The summed E-state index contributed by atoms with van der Waals surface area (Å²) < 4.78 is 7.36. The van der Waals surface area contributed by atoms with E-state index in [0.717, 1.165) is 28.3 Å². The van der Waals surface area contributed by atoms with Crippen LogP contribution in [0.15, 0.2) is 51.9 Å². The molecule has 0 spiro atoms. The van der Waals surface area contributed by atoms with Crippen LogP contribution in [0.3, 0.4) is 0 Å².